The molecule has 0 unspecified atom stereocenters. The van der Waals surface area contributed by atoms with Crippen molar-refractivity contribution in [1.29, 1.82) is 0 Å². The SMILES string of the molecule is CCOC(=O)c1cc(OCc2ccccc2)cc(OC)c1-c1c(Br)cccc1[N+](=O)[O-]. The van der Waals surface area contributed by atoms with E-state index in [2.05, 4.69) is 15.9 Å². The molecule has 8 heteroatoms. The Morgan fingerprint density at radius 3 is 2.45 bits per heavy atom. The van der Waals surface area contributed by atoms with Crippen LogP contribution in [0.25, 0.3) is 11.1 Å². The number of hydrogen-bond acceptors (Lipinski definition) is 6. The minimum Gasteiger partial charge on any atom is -0.496 e. The molecule has 3 aromatic rings. The molecular weight excluding hydrogens is 466 g/mol. The second-order valence-electron chi connectivity index (χ2n) is 6.43. The van der Waals surface area contributed by atoms with Gasteiger partial charge in [0.1, 0.15) is 18.1 Å². The molecule has 0 aliphatic heterocycles. The fraction of sp³-hybridized carbons (Fsp3) is 0.174. The highest BCUT2D eigenvalue weighted by molar-refractivity contribution is 9.10. The summed E-state index contributed by atoms with van der Waals surface area (Å²) in [6.45, 7) is 2.11. The number of nitrogens with zero attached hydrogens (tertiary/aromatic N) is 1. The zero-order chi connectivity index (χ0) is 22.4. The van der Waals surface area contributed by atoms with Gasteiger partial charge in [0.05, 0.1) is 29.8 Å². The fourth-order valence-corrected chi connectivity index (χ4v) is 3.67. The normalized spacial score (nSPS) is 10.4. The van der Waals surface area contributed by atoms with E-state index in [1.807, 2.05) is 30.3 Å². The highest BCUT2D eigenvalue weighted by atomic mass is 79.9. The van der Waals surface area contributed by atoms with Gasteiger partial charge in [0.2, 0.25) is 0 Å². The Kier molecular flexibility index (Phi) is 7.25. The Morgan fingerprint density at radius 1 is 1.06 bits per heavy atom. The van der Waals surface area contributed by atoms with Gasteiger partial charge in [-0.25, -0.2) is 4.79 Å². The van der Waals surface area contributed by atoms with Crippen LogP contribution in [0.3, 0.4) is 0 Å². The first-order chi connectivity index (χ1) is 15.0. The average molecular weight is 486 g/mol. The molecule has 31 heavy (non-hydrogen) atoms. The lowest BCUT2D eigenvalue weighted by Crippen LogP contribution is -2.09. The number of rotatable bonds is 8. The number of halogens is 1. The molecule has 0 aromatic heterocycles. The molecule has 0 amide bonds. The van der Waals surface area contributed by atoms with Gasteiger partial charge in [-0.2, -0.15) is 0 Å². The maximum Gasteiger partial charge on any atom is 0.339 e. The summed E-state index contributed by atoms with van der Waals surface area (Å²) in [7, 11) is 1.43. The van der Waals surface area contributed by atoms with Crippen LogP contribution in [0.2, 0.25) is 0 Å². The smallest absolute Gasteiger partial charge is 0.339 e. The first kappa shape index (κ1) is 22.3. The van der Waals surface area contributed by atoms with Crippen molar-refractivity contribution in [2.24, 2.45) is 0 Å². The molecular formula is C23H20BrNO6. The van der Waals surface area contributed by atoms with Gasteiger partial charge in [-0.1, -0.05) is 36.4 Å². The van der Waals surface area contributed by atoms with E-state index < -0.39 is 10.9 Å². The summed E-state index contributed by atoms with van der Waals surface area (Å²) in [4.78, 5) is 24.0. The largest absolute Gasteiger partial charge is 0.496 e. The number of esters is 1. The maximum atomic E-state index is 12.8. The highest BCUT2D eigenvalue weighted by Gasteiger charge is 2.28. The van der Waals surface area contributed by atoms with E-state index in [9.17, 15) is 14.9 Å². The van der Waals surface area contributed by atoms with E-state index in [1.54, 1.807) is 25.1 Å². The summed E-state index contributed by atoms with van der Waals surface area (Å²) in [6, 6.07) is 17.3. The molecule has 3 aromatic carbocycles. The Balaban J connectivity index is 2.17. The fourth-order valence-electron chi connectivity index (χ4n) is 3.12. The number of nitro benzene ring substituents is 1. The van der Waals surface area contributed by atoms with E-state index in [4.69, 9.17) is 14.2 Å². The van der Waals surface area contributed by atoms with Crippen molar-refractivity contribution in [1.82, 2.24) is 0 Å². The Bertz CT molecular complexity index is 1100. The first-order valence-electron chi connectivity index (χ1n) is 9.45. The summed E-state index contributed by atoms with van der Waals surface area (Å²) in [5.41, 5.74) is 1.37. The van der Waals surface area contributed by atoms with Gasteiger partial charge in [-0.3, -0.25) is 10.1 Å². The van der Waals surface area contributed by atoms with Crippen LogP contribution < -0.4 is 9.47 Å². The van der Waals surface area contributed by atoms with E-state index in [0.29, 0.717) is 10.2 Å². The number of nitro groups is 1. The summed E-state index contributed by atoms with van der Waals surface area (Å²) in [5.74, 6) is -0.00293. The van der Waals surface area contributed by atoms with Crippen LogP contribution in [0.15, 0.2) is 65.1 Å². The topological polar surface area (TPSA) is 87.9 Å². The Labute approximate surface area is 187 Å². The number of carbonyl (C=O) groups excluding carboxylic acids is 1. The van der Waals surface area contributed by atoms with Gasteiger partial charge >= 0.3 is 5.97 Å². The van der Waals surface area contributed by atoms with Crippen LogP contribution >= 0.6 is 15.9 Å². The molecule has 0 spiro atoms. The van der Waals surface area contributed by atoms with Crippen molar-refractivity contribution < 1.29 is 23.9 Å². The van der Waals surface area contributed by atoms with E-state index in [-0.39, 0.29) is 41.3 Å². The molecule has 0 atom stereocenters. The lowest BCUT2D eigenvalue weighted by molar-refractivity contribution is -0.384. The van der Waals surface area contributed by atoms with Gasteiger partial charge in [0.15, 0.2) is 0 Å². The molecule has 0 bridgehead atoms. The molecule has 0 radical (unpaired) electrons. The second-order valence-corrected chi connectivity index (χ2v) is 7.29. The summed E-state index contributed by atoms with van der Waals surface area (Å²) in [5, 5.41) is 11.7. The maximum absolute atomic E-state index is 12.8. The molecule has 0 aliphatic rings. The summed E-state index contributed by atoms with van der Waals surface area (Å²) in [6.07, 6.45) is 0. The molecule has 3 rings (SSSR count). The van der Waals surface area contributed by atoms with Crippen molar-refractivity contribution in [3.05, 3.63) is 86.4 Å². The summed E-state index contributed by atoms with van der Waals surface area (Å²) >= 11 is 3.37. The number of hydrogen-bond donors (Lipinski definition) is 0. The quantitative estimate of drug-likeness (QED) is 0.228. The molecule has 0 heterocycles. The van der Waals surface area contributed by atoms with Gasteiger partial charge in [-0.15, -0.1) is 0 Å². The lowest BCUT2D eigenvalue weighted by Gasteiger charge is -2.17. The Hall–Kier alpha value is -3.39. The van der Waals surface area contributed by atoms with Crippen LogP contribution in [-0.4, -0.2) is 24.6 Å². The number of benzene rings is 3. The standard InChI is InChI=1S/C23H20BrNO6/c1-3-30-23(26)17-12-16(31-14-15-8-5-4-6-9-15)13-20(29-2)21(17)22-18(24)10-7-11-19(22)25(27)28/h4-13H,3,14H2,1-2H3. The first-order valence-corrected chi connectivity index (χ1v) is 10.2. The molecule has 0 N–H and O–H groups in total. The van der Waals surface area contributed by atoms with Crippen LogP contribution in [0.1, 0.15) is 22.8 Å². The van der Waals surface area contributed by atoms with Crippen molar-refractivity contribution in [3.8, 4) is 22.6 Å². The van der Waals surface area contributed by atoms with Crippen LogP contribution in [0.5, 0.6) is 11.5 Å². The van der Waals surface area contributed by atoms with Crippen molar-refractivity contribution in [2.75, 3.05) is 13.7 Å². The zero-order valence-corrected chi connectivity index (χ0v) is 18.5. The number of methoxy groups -OCH3 is 1. The summed E-state index contributed by atoms with van der Waals surface area (Å²) < 4.78 is 17.0. The number of carbonyl (C=O) groups is 1. The highest BCUT2D eigenvalue weighted by Crippen LogP contribution is 2.45. The van der Waals surface area contributed by atoms with Gasteiger partial charge in [-0.05, 0) is 40.5 Å². The molecule has 0 fully saturated rings. The Morgan fingerprint density at radius 2 is 1.81 bits per heavy atom. The number of ether oxygens (including phenoxy) is 3. The van der Waals surface area contributed by atoms with E-state index in [1.165, 1.54) is 19.2 Å². The van der Waals surface area contributed by atoms with Crippen molar-refractivity contribution in [3.63, 3.8) is 0 Å². The van der Waals surface area contributed by atoms with Crippen LogP contribution in [0, 0.1) is 10.1 Å². The third kappa shape index (κ3) is 5.03. The monoisotopic (exact) mass is 485 g/mol. The zero-order valence-electron chi connectivity index (χ0n) is 17.0. The molecule has 0 saturated carbocycles. The third-order valence-electron chi connectivity index (χ3n) is 4.48. The predicted molar refractivity (Wildman–Crippen MR) is 120 cm³/mol. The van der Waals surface area contributed by atoms with Gasteiger partial charge in [0, 0.05) is 22.2 Å². The molecule has 7 nitrogen and oxygen atoms in total. The average Bonchev–Trinajstić information content (AvgIpc) is 2.77. The van der Waals surface area contributed by atoms with Crippen molar-refractivity contribution >= 4 is 27.6 Å². The van der Waals surface area contributed by atoms with Crippen LogP contribution in [-0.2, 0) is 11.3 Å². The minimum atomic E-state index is -0.633. The molecule has 0 saturated heterocycles. The molecule has 160 valence electrons. The van der Waals surface area contributed by atoms with E-state index in [0.717, 1.165) is 5.56 Å². The van der Waals surface area contributed by atoms with Crippen molar-refractivity contribution in [2.45, 2.75) is 13.5 Å². The predicted octanol–water partition coefficient (Wildman–Crippen LogP) is 5.79. The molecule has 0 aliphatic carbocycles. The van der Waals surface area contributed by atoms with Gasteiger partial charge < -0.3 is 14.2 Å². The van der Waals surface area contributed by atoms with E-state index >= 15 is 0 Å². The second kappa shape index (κ2) is 10.1. The lowest BCUT2D eigenvalue weighted by atomic mass is 9.96. The van der Waals surface area contributed by atoms with Gasteiger partial charge in [0.25, 0.3) is 5.69 Å². The third-order valence-corrected chi connectivity index (χ3v) is 5.14. The van der Waals surface area contributed by atoms with Crippen LogP contribution in [0.4, 0.5) is 5.69 Å². The minimum absolute atomic E-state index is 0.110.